The molecule has 0 unspecified atom stereocenters. The number of imidazole rings is 1. The molecule has 0 fully saturated rings. The molecule has 0 bridgehead atoms. The second kappa shape index (κ2) is 5.55. The van der Waals surface area contributed by atoms with Gasteiger partial charge in [0.1, 0.15) is 0 Å². The smallest absolute Gasteiger partial charge is 0.416 e. The monoisotopic (exact) mass is 321 g/mol. The number of nitrogens with zero attached hydrogens (tertiary/aromatic N) is 2. The Bertz CT molecular complexity index is 707. The van der Waals surface area contributed by atoms with Crippen LogP contribution in [0, 0.1) is 13.8 Å². The van der Waals surface area contributed by atoms with E-state index in [1.54, 1.807) is 11.5 Å². The summed E-state index contributed by atoms with van der Waals surface area (Å²) in [6.45, 7) is 5.39. The van der Waals surface area contributed by atoms with Gasteiger partial charge in [-0.25, -0.2) is 9.36 Å². The molecule has 0 aliphatic heterocycles. The van der Waals surface area contributed by atoms with Crippen molar-refractivity contribution in [2.24, 2.45) is 5.73 Å². The molecule has 2 N–H and O–H groups in total. The summed E-state index contributed by atoms with van der Waals surface area (Å²) in [6, 6.07) is 1.62. The van der Waals surface area contributed by atoms with E-state index < -0.39 is 17.8 Å². The normalized spacial score (nSPS) is 11.5. The highest BCUT2D eigenvalue weighted by Crippen LogP contribution is 2.34. The van der Waals surface area contributed by atoms with E-state index in [4.69, 9.17) is 5.73 Å². The minimum absolute atomic E-state index is 0. The number of hydrogen-bond donors (Lipinski definition) is 1. The number of rotatable bonds is 1. The molecule has 0 radical (unpaired) electrons. The first-order valence-corrected chi connectivity index (χ1v) is 6.11. The molecule has 21 heavy (non-hydrogen) atoms. The van der Waals surface area contributed by atoms with Crippen LogP contribution in [0.25, 0.3) is 11.0 Å². The Morgan fingerprint density at radius 3 is 2.33 bits per heavy atom. The zero-order chi connectivity index (χ0) is 15.2. The molecule has 116 valence electrons. The summed E-state index contributed by atoms with van der Waals surface area (Å²) < 4.78 is 41.8. The molecule has 0 aliphatic rings. The van der Waals surface area contributed by atoms with Gasteiger partial charge in [-0.15, -0.1) is 4.57 Å². The van der Waals surface area contributed by atoms with Crippen LogP contribution in [0.5, 0.6) is 0 Å². The molecular formula is C13H15ClF3N3O. The van der Waals surface area contributed by atoms with Crippen LogP contribution < -0.4 is 22.7 Å². The molecule has 0 saturated carbocycles. The van der Waals surface area contributed by atoms with E-state index in [1.165, 1.54) is 13.0 Å². The lowest BCUT2D eigenvalue weighted by atomic mass is 10.1. The molecule has 2 aromatic rings. The van der Waals surface area contributed by atoms with Gasteiger partial charge in [0.05, 0.1) is 12.1 Å². The molecule has 1 heterocycles. The maximum atomic E-state index is 13.0. The predicted octanol–water partition coefficient (Wildman–Crippen LogP) is -0.485. The number of hydrogen-bond acceptors (Lipinski definition) is 1. The molecule has 4 nitrogen and oxygen atoms in total. The average Bonchev–Trinajstić information content (AvgIpc) is 2.60. The number of fused-ring (bicyclic) bond motifs is 1. The van der Waals surface area contributed by atoms with Crippen LogP contribution in [0.2, 0.25) is 0 Å². The first kappa shape index (κ1) is 17.3. The van der Waals surface area contributed by atoms with Crippen LogP contribution >= 0.6 is 0 Å². The topological polar surface area (TPSA) is 51.9 Å². The van der Waals surface area contributed by atoms with Gasteiger partial charge in [0.15, 0.2) is 11.0 Å². The van der Waals surface area contributed by atoms with Crippen LogP contribution in [0.3, 0.4) is 0 Å². The molecule has 8 heteroatoms. The fourth-order valence-electron chi connectivity index (χ4n) is 2.62. The van der Waals surface area contributed by atoms with Gasteiger partial charge in [0.25, 0.3) is 5.82 Å². The van der Waals surface area contributed by atoms with Crippen molar-refractivity contribution in [3.8, 4) is 0 Å². The lowest BCUT2D eigenvalue weighted by Crippen LogP contribution is -3.00. The molecule has 1 aromatic carbocycles. The number of nitrogens with two attached hydrogens (primary N) is 1. The minimum atomic E-state index is -4.46. The van der Waals surface area contributed by atoms with Crippen LogP contribution in [0.1, 0.15) is 23.9 Å². The van der Waals surface area contributed by atoms with Crippen molar-refractivity contribution in [3.63, 3.8) is 0 Å². The molecule has 1 aromatic heterocycles. The Kier molecular flexibility index (Phi) is 4.57. The third-order valence-corrected chi connectivity index (χ3v) is 3.48. The highest BCUT2D eigenvalue weighted by molar-refractivity contribution is 5.89. The Hall–Kier alpha value is -1.76. The van der Waals surface area contributed by atoms with E-state index >= 15 is 0 Å². The number of amides is 1. The number of carbonyl (C=O) groups excluding carboxylic acids is 1. The Balaban J connectivity index is 0.00000220. The van der Waals surface area contributed by atoms with E-state index in [2.05, 4.69) is 0 Å². The van der Waals surface area contributed by atoms with Crippen molar-refractivity contribution in [2.75, 3.05) is 0 Å². The highest BCUT2D eigenvalue weighted by atomic mass is 35.5. The summed E-state index contributed by atoms with van der Waals surface area (Å²) in [5.41, 5.74) is 5.33. The van der Waals surface area contributed by atoms with Gasteiger partial charge < -0.3 is 18.1 Å². The first-order chi connectivity index (χ1) is 9.20. The maximum absolute atomic E-state index is 13.0. The predicted molar refractivity (Wildman–Crippen MR) is 67.3 cm³/mol. The highest BCUT2D eigenvalue weighted by Gasteiger charge is 2.36. The molecule has 1 amide bonds. The summed E-state index contributed by atoms with van der Waals surface area (Å²) in [5.74, 6) is 0.512. The Labute approximate surface area is 125 Å². The van der Waals surface area contributed by atoms with Crippen molar-refractivity contribution in [1.82, 2.24) is 4.57 Å². The van der Waals surface area contributed by atoms with Crippen LogP contribution in [0.4, 0.5) is 18.0 Å². The van der Waals surface area contributed by atoms with Gasteiger partial charge in [0.2, 0.25) is 0 Å². The zero-order valence-electron chi connectivity index (χ0n) is 11.8. The largest absolute Gasteiger partial charge is 1.00 e. The molecule has 0 saturated heterocycles. The lowest BCUT2D eigenvalue weighted by molar-refractivity contribution is -0.674. The summed E-state index contributed by atoms with van der Waals surface area (Å²) in [5, 5.41) is 0. The van der Waals surface area contributed by atoms with Crippen molar-refractivity contribution in [2.45, 2.75) is 33.5 Å². The fourth-order valence-corrected chi connectivity index (χ4v) is 2.62. The Morgan fingerprint density at radius 2 is 1.90 bits per heavy atom. The van der Waals surface area contributed by atoms with Gasteiger partial charge in [-0.2, -0.15) is 13.2 Å². The van der Waals surface area contributed by atoms with Gasteiger partial charge >= 0.3 is 12.2 Å². The summed E-state index contributed by atoms with van der Waals surface area (Å²) >= 11 is 0. The summed E-state index contributed by atoms with van der Waals surface area (Å²) in [7, 11) is 0. The van der Waals surface area contributed by atoms with Crippen LogP contribution in [0.15, 0.2) is 12.1 Å². The van der Waals surface area contributed by atoms with Gasteiger partial charge in [-0.1, -0.05) is 0 Å². The SMILES string of the molecule is CC[n+]1c(C)n(C(N)=O)c2c(C)c(C(F)(F)F)ccc21.[Cl-]. The standard InChI is InChI=1S/C13H14F3N3O.ClH/c1-4-18-8(3)19(12(17)20)11-7(2)9(13(14,15)16)5-6-10(11)18;/h5-6H,4H2,1-3H3,(H-,17,20);1H. The second-order valence-corrected chi connectivity index (χ2v) is 4.57. The van der Waals surface area contributed by atoms with Crippen LogP contribution in [-0.4, -0.2) is 10.6 Å². The van der Waals surface area contributed by atoms with Gasteiger partial charge in [-0.05, 0) is 26.0 Å². The van der Waals surface area contributed by atoms with E-state index in [9.17, 15) is 18.0 Å². The van der Waals surface area contributed by atoms with E-state index in [0.717, 1.165) is 10.6 Å². The molecule has 0 atom stereocenters. The van der Waals surface area contributed by atoms with Gasteiger partial charge in [0, 0.05) is 12.5 Å². The zero-order valence-corrected chi connectivity index (χ0v) is 12.5. The summed E-state index contributed by atoms with van der Waals surface area (Å²) in [4.78, 5) is 11.6. The van der Waals surface area contributed by atoms with Crippen molar-refractivity contribution < 1.29 is 34.9 Å². The van der Waals surface area contributed by atoms with Crippen molar-refractivity contribution >= 4 is 17.1 Å². The van der Waals surface area contributed by atoms with Gasteiger partial charge in [-0.3, -0.25) is 0 Å². The van der Waals surface area contributed by atoms with Crippen molar-refractivity contribution in [1.29, 1.82) is 0 Å². The number of aryl methyl sites for hydroxylation is 2. The minimum Gasteiger partial charge on any atom is -1.00 e. The lowest BCUT2D eigenvalue weighted by Gasteiger charge is -2.09. The van der Waals surface area contributed by atoms with Crippen molar-refractivity contribution in [3.05, 3.63) is 29.1 Å². The third kappa shape index (κ3) is 2.57. The number of carbonyl (C=O) groups is 1. The van der Waals surface area contributed by atoms with E-state index in [-0.39, 0.29) is 23.5 Å². The number of alkyl halides is 3. The Morgan fingerprint density at radius 1 is 1.33 bits per heavy atom. The fraction of sp³-hybridized carbons (Fsp3) is 0.385. The summed E-state index contributed by atoms with van der Waals surface area (Å²) in [6.07, 6.45) is -4.46. The molecular weight excluding hydrogens is 307 g/mol. The first-order valence-electron chi connectivity index (χ1n) is 6.11. The second-order valence-electron chi connectivity index (χ2n) is 4.57. The quantitative estimate of drug-likeness (QED) is 0.709. The van der Waals surface area contributed by atoms with E-state index in [1.807, 2.05) is 6.92 Å². The molecule has 0 spiro atoms. The number of aromatic nitrogens is 2. The number of halogens is 4. The number of benzene rings is 1. The molecule has 2 rings (SSSR count). The average molecular weight is 322 g/mol. The maximum Gasteiger partial charge on any atom is 0.416 e. The van der Waals surface area contributed by atoms with E-state index in [0.29, 0.717) is 17.9 Å². The number of primary amides is 1. The third-order valence-electron chi connectivity index (χ3n) is 3.48. The van der Waals surface area contributed by atoms with Crippen LogP contribution in [-0.2, 0) is 12.7 Å². The molecule has 0 aliphatic carbocycles.